The summed E-state index contributed by atoms with van der Waals surface area (Å²) in [6, 6.07) is 11.2. The van der Waals surface area contributed by atoms with Crippen molar-refractivity contribution in [2.45, 2.75) is 39.2 Å². The van der Waals surface area contributed by atoms with E-state index in [0.29, 0.717) is 21.7 Å². The molecule has 1 N–H and O–H groups in total. The molecular formula is C24H25N5O3S. The number of carbonyl (C=O) groups is 1. The fourth-order valence-corrected chi connectivity index (χ4v) is 5.23. The van der Waals surface area contributed by atoms with Crippen LogP contribution in [0.25, 0.3) is 21.7 Å². The predicted molar refractivity (Wildman–Crippen MR) is 130 cm³/mol. The molecule has 1 fully saturated rings. The van der Waals surface area contributed by atoms with Gasteiger partial charge in [-0.2, -0.15) is 5.10 Å². The first-order valence-corrected chi connectivity index (χ1v) is 12.0. The van der Waals surface area contributed by atoms with E-state index in [1.54, 1.807) is 18.4 Å². The zero-order valence-corrected chi connectivity index (χ0v) is 19.2. The summed E-state index contributed by atoms with van der Waals surface area (Å²) in [4.78, 5) is 33.0. The molecule has 3 aromatic heterocycles. The number of amides is 1. The number of para-hydroxylation sites is 1. The van der Waals surface area contributed by atoms with E-state index in [2.05, 4.69) is 20.3 Å². The summed E-state index contributed by atoms with van der Waals surface area (Å²) in [6.45, 7) is 3.67. The van der Waals surface area contributed by atoms with Crippen molar-refractivity contribution in [1.82, 2.24) is 14.8 Å². The molecule has 0 spiro atoms. The molecule has 0 aliphatic carbocycles. The Morgan fingerprint density at radius 2 is 1.97 bits per heavy atom. The molecule has 9 heteroatoms. The van der Waals surface area contributed by atoms with Crippen LogP contribution in [0.15, 0.2) is 51.9 Å². The Morgan fingerprint density at radius 1 is 1.15 bits per heavy atom. The summed E-state index contributed by atoms with van der Waals surface area (Å²) in [5.74, 6) is 0.223. The molecule has 0 saturated carbocycles. The lowest BCUT2D eigenvalue weighted by molar-refractivity contribution is -0.117. The second-order valence-electron chi connectivity index (χ2n) is 8.07. The topological polar surface area (TPSA) is 93.3 Å². The van der Waals surface area contributed by atoms with E-state index in [-0.39, 0.29) is 18.0 Å². The predicted octanol–water partition coefficient (Wildman–Crippen LogP) is 4.30. The number of carbonyl (C=O) groups excluding carboxylic acids is 1. The molecule has 0 atom stereocenters. The second kappa shape index (κ2) is 9.19. The summed E-state index contributed by atoms with van der Waals surface area (Å²) in [5.41, 5.74) is 2.24. The fourth-order valence-electron chi connectivity index (χ4n) is 4.13. The largest absolute Gasteiger partial charge is 0.463 e. The smallest absolute Gasteiger partial charge is 0.294 e. The lowest BCUT2D eigenvalue weighted by Crippen LogP contribution is -2.31. The number of hydrogen-bond acceptors (Lipinski definition) is 7. The molecular weight excluding hydrogens is 438 g/mol. The van der Waals surface area contributed by atoms with Crippen LogP contribution in [-0.4, -0.2) is 33.8 Å². The van der Waals surface area contributed by atoms with Gasteiger partial charge in [0.15, 0.2) is 16.4 Å². The maximum atomic E-state index is 13.3. The van der Waals surface area contributed by atoms with Gasteiger partial charge in [-0.1, -0.05) is 36.5 Å². The fraction of sp³-hybridized carbons (Fsp3) is 0.333. The summed E-state index contributed by atoms with van der Waals surface area (Å²) >= 11 is 1.46. The van der Waals surface area contributed by atoms with Crippen molar-refractivity contribution in [1.29, 1.82) is 0 Å². The van der Waals surface area contributed by atoms with Gasteiger partial charge >= 0.3 is 0 Å². The average Bonchev–Trinajstić information content (AvgIpc) is 3.53. The number of nitrogens with zero attached hydrogens (tertiary/aromatic N) is 4. The van der Waals surface area contributed by atoms with E-state index in [1.807, 2.05) is 31.2 Å². The number of nitrogens with one attached hydrogen (secondary N) is 1. The number of piperidine rings is 1. The molecule has 33 heavy (non-hydrogen) atoms. The number of furan rings is 1. The minimum Gasteiger partial charge on any atom is -0.463 e. The van der Waals surface area contributed by atoms with Crippen LogP contribution in [0.5, 0.6) is 0 Å². The highest BCUT2D eigenvalue weighted by Gasteiger charge is 2.23. The quantitative estimate of drug-likeness (QED) is 0.458. The van der Waals surface area contributed by atoms with Crippen LogP contribution in [0.1, 0.15) is 31.7 Å². The van der Waals surface area contributed by atoms with E-state index in [1.165, 1.54) is 22.4 Å². The van der Waals surface area contributed by atoms with Gasteiger partial charge < -0.3 is 14.6 Å². The van der Waals surface area contributed by atoms with Crippen LogP contribution in [0.4, 0.5) is 10.8 Å². The lowest BCUT2D eigenvalue weighted by Gasteiger charge is -2.25. The van der Waals surface area contributed by atoms with E-state index in [9.17, 15) is 9.59 Å². The van der Waals surface area contributed by atoms with Gasteiger partial charge in [-0.05, 0) is 49.4 Å². The first-order valence-electron chi connectivity index (χ1n) is 11.2. The van der Waals surface area contributed by atoms with Gasteiger partial charge in [0.25, 0.3) is 5.56 Å². The Balaban J connectivity index is 1.52. The van der Waals surface area contributed by atoms with Crippen molar-refractivity contribution in [2.24, 2.45) is 0 Å². The zero-order valence-electron chi connectivity index (χ0n) is 18.4. The SMILES string of the molecule is CCc1ccccc1NC(=O)Cn1nc(-c2ccco2)c2sc(N3CCCCC3)nc2c1=O. The van der Waals surface area contributed by atoms with Crippen LogP contribution in [-0.2, 0) is 17.8 Å². The van der Waals surface area contributed by atoms with Crippen molar-refractivity contribution in [3.8, 4) is 11.5 Å². The molecule has 1 amide bonds. The molecule has 4 aromatic rings. The maximum absolute atomic E-state index is 13.3. The van der Waals surface area contributed by atoms with Gasteiger partial charge in [0.05, 0.1) is 11.0 Å². The van der Waals surface area contributed by atoms with Gasteiger partial charge in [0.2, 0.25) is 5.91 Å². The number of aryl methyl sites for hydroxylation is 1. The van der Waals surface area contributed by atoms with Crippen LogP contribution in [0.2, 0.25) is 0 Å². The Labute approximate surface area is 194 Å². The van der Waals surface area contributed by atoms with Gasteiger partial charge in [-0.25, -0.2) is 9.67 Å². The highest BCUT2D eigenvalue weighted by molar-refractivity contribution is 7.22. The molecule has 1 aromatic carbocycles. The average molecular weight is 464 g/mol. The van der Waals surface area contributed by atoms with Crippen molar-refractivity contribution >= 4 is 38.3 Å². The molecule has 1 saturated heterocycles. The molecule has 1 aliphatic rings. The van der Waals surface area contributed by atoms with Crippen molar-refractivity contribution in [3.05, 3.63) is 58.6 Å². The maximum Gasteiger partial charge on any atom is 0.294 e. The lowest BCUT2D eigenvalue weighted by atomic mass is 10.1. The van der Waals surface area contributed by atoms with E-state index in [0.717, 1.165) is 48.7 Å². The first-order chi connectivity index (χ1) is 16.1. The van der Waals surface area contributed by atoms with Gasteiger partial charge in [0.1, 0.15) is 12.2 Å². The normalized spacial score (nSPS) is 14.0. The number of benzene rings is 1. The molecule has 8 nitrogen and oxygen atoms in total. The number of thiazole rings is 1. The van der Waals surface area contributed by atoms with Crippen LogP contribution < -0.4 is 15.8 Å². The number of fused-ring (bicyclic) bond motifs is 1. The van der Waals surface area contributed by atoms with Gasteiger partial charge in [-0.15, -0.1) is 0 Å². The summed E-state index contributed by atoms with van der Waals surface area (Å²) in [6.07, 6.45) is 5.80. The number of rotatable bonds is 6. The van der Waals surface area contributed by atoms with E-state index >= 15 is 0 Å². The summed E-state index contributed by atoms with van der Waals surface area (Å²) in [5, 5.41) is 8.25. The minimum absolute atomic E-state index is 0.211. The monoisotopic (exact) mass is 463 g/mol. The van der Waals surface area contributed by atoms with E-state index in [4.69, 9.17) is 4.42 Å². The standard InChI is InChI=1S/C24H25N5O3S/c1-2-16-9-4-5-10-17(16)25-19(30)15-29-23(31)21-22(20(27-29)18-11-8-14-32-18)33-24(26-21)28-12-6-3-7-13-28/h4-5,8-11,14H,2-3,6-7,12-13,15H2,1H3,(H,25,30). The Morgan fingerprint density at radius 3 is 2.73 bits per heavy atom. The highest BCUT2D eigenvalue weighted by atomic mass is 32.1. The van der Waals surface area contributed by atoms with Crippen LogP contribution >= 0.6 is 11.3 Å². The van der Waals surface area contributed by atoms with Crippen LogP contribution in [0.3, 0.4) is 0 Å². The third-order valence-corrected chi connectivity index (χ3v) is 6.96. The Kier molecular flexibility index (Phi) is 5.95. The van der Waals surface area contributed by atoms with Crippen molar-refractivity contribution in [3.63, 3.8) is 0 Å². The molecule has 1 aliphatic heterocycles. The molecule has 4 heterocycles. The van der Waals surface area contributed by atoms with Crippen LogP contribution in [0, 0.1) is 0 Å². The Bertz CT molecular complexity index is 1340. The molecule has 170 valence electrons. The van der Waals surface area contributed by atoms with Gasteiger partial charge in [-0.3, -0.25) is 9.59 Å². The molecule has 0 unspecified atom stereocenters. The third-order valence-electron chi connectivity index (χ3n) is 5.84. The van der Waals surface area contributed by atoms with Gasteiger partial charge in [0, 0.05) is 18.8 Å². The number of aromatic nitrogens is 3. The Hall–Kier alpha value is -3.46. The first kappa shape index (κ1) is 21.4. The number of hydrogen-bond donors (Lipinski definition) is 1. The van der Waals surface area contributed by atoms with E-state index < -0.39 is 0 Å². The number of anilines is 2. The summed E-state index contributed by atoms with van der Waals surface area (Å²) < 4.78 is 7.46. The minimum atomic E-state index is -0.376. The molecule has 0 bridgehead atoms. The second-order valence-corrected chi connectivity index (χ2v) is 9.05. The molecule has 0 radical (unpaired) electrons. The zero-order chi connectivity index (χ0) is 22.8. The highest BCUT2D eigenvalue weighted by Crippen LogP contribution is 2.34. The van der Waals surface area contributed by atoms with Crippen molar-refractivity contribution in [2.75, 3.05) is 23.3 Å². The third kappa shape index (κ3) is 4.28. The summed E-state index contributed by atoms with van der Waals surface area (Å²) in [7, 11) is 0. The van der Waals surface area contributed by atoms with Crippen molar-refractivity contribution < 1.29 is 9.21 Å². The molecule has 5 rings (SSSR count).